The molecule has 22 heteroatoms. The maximum absolute atomic E-state index is 11.9. The van der Waals surface area contributed by atoms with Crippen molar-refractivity contribution in [2.45, 2.75) is 121 Å². The molecule has 0 aliphatic carbocycles. The molecule has 0 radical (unpaired) electrons. The third-order valence-corrected chi connectivity index (χ3v) is 16.3. The quantitative estimate of drug-likeness (QED) is 0.0180. The van der Waals surface area contributed by atoms with Crippen LogP contribution in [0.1, 0.15) is 139 Å². The minimum absolute atomic E-state index is 0.00320. The molecular weight excluding hydrogens is 1010 g/mol. The number of nitrogens with one attached hydrogen (secondary N) is 1. The Bertz CT molecular complexity index is 2870. The smallest absolute Gasteiger partial charge is 0.342 e. The molecule has 0 spiro atoms. The van der Waals surface area contributed by atoms with Gasteiger partial charge in [-0.2, -0.15) is 0 Å². The molecule has 402 valence electrons. The van der Waals surface area contributed by atoms with Gasteiger partial charge in [-0.15, -0.1) is 0 Å². The molecule has 6 rings (SSSR count). The van der Waals surface area contributed by atoms with Gasteiger partial charge in [-0.1, -0.05) is 55.7 Å². The fraction of sp³-hybridized carbons (Fsp3) is 0.471. The molecule has 3 heterocycles. The number of esters is 3. The van der Waals surface area contributed by atoms with Crippen molar-refractivity contribution >= 4 is 40.7 Å². The Hall–Kier alpha value is -4.90. The number of rotatable bonds is 19. The maximum atomic E-state index is 11.9. The lowest BCUT2D eigenvalue weighted by atomic mass is 9.89. The Morgan fingerprint density at radius 2 is 0.877 bits per heavy atom. The number of hydrogen-bond donors (Lipinski definition) is 9. The monoisotopic (exact) mass is 1080 g/mol. The molecule has 3 aromatic rings. The summed E-state index contributed by atoms with van der Waals surface area (Å²) < 4.78 is 53.2. The molecule has 0 amide bonds. The Labute approximate surface area is 426 Å². The fourth-order valence-corrected chi connectivity index (χ4v) is 11.4. The Balaban J connectivity index is 0.000000238. The van der Waals surface area contributed by atoms with E-state index in [0.717, 1.165) is 67.6 Å². The molecule has 0 saturated heterocycles. The minimum Gasteiger partial charge on any atom is -0.507 e. The number of hydrogen-bond acceptors (Lipinski definition) is 14. The standard InChI is InChI=1S/C18H26NO6P.C17H23O6P.C16H21O6P/c1-4-13-12(3)15-10-25-18(21)16(15)17(20)14(13)6-5-11(2)9-19-7-8-26(22,23)24;1-5-12-11(3)14-8-23-17(19)15(14)16(18)13(12)7-6-10(2)9-24(20,21)22-4;1-4-11-10(3)13-7-22-16(18)14(13)15(17)12(11)6-5-9(2)8-23(19,20)21/h5,19-20H,4,6-10H2,1-3H3,(H2,22,23,24);6,18H,5,7-9H2,1-4H3,(H,20,21);5,17H,4,6-8H2,1-3H3,(H2,19,20,21)/b11-5+;10-6+;9-5+. The van der Waals surface area contributed by atoms with Crippen molar-refractivity contribution in [1.29, 1.82) is 0 Å². The first-order valence-electron chi connectivity index (χ1n) is 23.8. The molecule has 73 heavy (non-hydrogen) atoms. The number of phenols is 3. The van der Waals surface area contributed by atoms with Gasteiger partial charge < -0.3 is 63.8 Å². The molecule has 3 aromatic carbocycles. The van der Waals surface area contributed by atoms with Crippen LogP contribution < -0.4 is 5.32 Å². The summed E-state index contributed by atoms with van der Waals surface area (Å²) in [7, 11) is -10.5. The Morgan fingerprint density at radius 1 is 0.548 bits per heavy atom. The van der Waals surface area contributed by atoms with Gasteiger partial charge in [0.25, 0.3) is 0 Å². The molecule has 0 fully saturated rings. The summed E-state index contributed by atoms with van der Waals surface area (Å²) in [5, 5.41) is 34.6. The van der Waals surface area contributed by atoms with Gasteiger partial charge in [0.05, 0.1) is 18.5 Å². The second kappa shape index (κ2) is 25.6. The molecule has 0 bridgehead atoms. The Morgan fingerprint density at radius 3 is 1.18 bits per heavy atom. The summed E-state index contributed by atoms with van der Waals surface area (Å²) in [5.74, 6) is -1.63. The van der Waals surface area contributed by atoms with Gasteiger partial charge in [0.2, 0.25) is 0 Å². The average molecular weight is 1080 g/mol. The van der Waals surface area contributed by atoms with Gasteiger partial charge in [0.1, 0.15) is 53.8 Å². The van der Waals surface area contributed by atoms with Crippen LogP contribution in [0, 0.1) is 20.8 Å². The van der Waals surface area contributed by atoms with E-state index in [1.54, 1.807) is 26.0 Å². The van der Waals surface area contributed by atoms with Gasteiger partial charge in [0.15, 0.2) is 0 Å². The first kappa shape index (κ1) is 60.7. The number of fused-ring (bicyclic) bond motifs is 3. The van der Waals surface area contributed by atoms with Crippen molar-refractivity contribution in [3.05, 3.63) is 118 Å². The second-order valence-corrected chi connectivity index (χ2v) is 23.7. The number of ether oxygens (including phenoxy) is 3. The van der Waals surface area contributed by atoms with Gasteiger partial charge in [-0.3, -0.25) is 13.7 Å². The van der Waals surface area contributed by atoms with Crippen molar-refractivity contribution in [3.8, 4) is 17.2 Å². The van der Waals surface area contributed by atoms with E-state index in [0.29, 0.717) is 60.9 Å². The van der Waals surface area contributed by atoms with Crippen molar-refractivity contribution in [2.24, 2.45) is 0 Å². The lowest BCUT2D eigenvalue weighted by Crippen LogP contribution is -2.20. The molecule has 3 aliphatic rings. The van der Waals surface area contributed by atoms with Gasteiger partial charge in [0, 0.05) is 53.6 Å². The van der Waals surface area contributed by atoms with Crippen LogP contribution in [0.5, 0.6) is 17.2 Å². The predicted molar refractivity (Wildman–Crippen MR) is 275 cm³/mol. The van der Waals surface area contributed by atoms with E-state index in [1.807, 2.05) is 54.5 Å². The first-order valence-corrected chi connectivity index (χ1v) is 29.1. The highest BCUT2D eigenvalue weighted by Gasteiger charge is 2.33. The van der Waals surface area contributed by atoms with E-state index in [-0.39, 0.29) is 78.8 Å². The van der Waals surface area contributed by atoms with Crippen LogP contribution in [0.2, 0.25) is 0 Å². The lowest BCUT2D eigenvalue weighted by molar-refractivity contribution is 0.0523. The van der Waals surface area contributed by atoms with E-state index >= 15 is 0 Å². The molecule has 0 aromatic heterocycles. The number of cyclic esters (lactones) is 3. The van der Waals surface area contributed by atoms with Crippen LogP contribution >= 0.6 is 22.8 Å². The van der Waals surface area contributed by atoms with Gasteiger partial charge in [-0.05, 0) is 113 Å². The normalized spacial score (nSPS) is 15.3. The van der Waals surface area contributed by atoms with Crippen molar-refractivity contribution in [2.75, 3.05) is 38.7 Å². The van der Waals surface area contributed by atoms with Crippen molar-refractivity contribution < 1.29 is 86.6 Å². The van der Waals surface area contributed by atoms with Crippen molar-refractivity contribution in [3.63, 3.8) is 0 Å². The summed E-state index contributed by atoms with van der Waals surface area (Å²) in [6.07, 6.45) is 8.10. The summed E-state index contributed by atoms with van der Waals surface area (Å²) in [6, 6.07) is 0. The largest absolute Gasteiger partial charge is 0.507 e. The van der Waals surface area contributed by atoms with E-state index in [2.05, 4.69) is 9.84 Å². The highest BCUT2D eigenvalue weighted by Crippen LogP contribution is 2.44. The SMILES string of the molecule is CCc1c(C)c2c(c(O)c1C/C=C(\C)CNCCP(=O)(O)O)C(=O)OC2.CCc1c(C)c2c(c(O)c1C/C=C(\C)CP(=O)(O)O)C(=O)OC2.CCc1c(C)c2c(c(O)c1C/C=C(\C)CP(=O)(O)OC)C(=O)OC2. The topological polar surface area (TPSA) is 313 Å². The van der Waals surface area contributed by atoms with Crippen molar-refractivity contribution in [1.82, 2.24) is 5.32 Å². The van der Waals surface area contributed by atoms with Crippen LogP contribution in [-0.2, 0) is 90.8 Å². The average Bonchev–Trinajstić information content (AvgIpc) is 4.03. The third kappa shape index (κ3) is 15.4. The maximum Gasteiger partial charge on any atom is 0.342 e. The third-order valence-electron chi connectivity index (χ3n) is 13.1. The Kier molecular flexibility index (Phi) is 21.2. The number of phenolic OH excluding ortho intramolecular Hbond substituents is 3. The zero-order valence-corrected chi connectivity index (χ0v) is 45.8. The van der Waals surface area contributed by atoms with E-state index in [4.69, 9.17) is 33.8 Å². The zero-order chi connectivity index (χ0) is 54.9. The van der Waals surface area contributed by atoms with E-state index < -0.39 is 40.7 Å². The van der Waals surface area contributed by atoms with E-state index in [9.17, 15) is 48.3 Å². The van der Waals surface area contributed by atoms with Crippen LogP contribution in [0.25, 0.3) is 0 Å². The first-order chi connectivity index (χ1) is 34.0. The summed E-state index contributed by atoms with van der Waals surface area (Å²) in [4.78, 5) is 80.8. The number of benzene rings is 3. The predicted octanol–water partition coefficient (Wildman–Crippen LogP) is 8.04. The minimum atomic E-state index is -4.11. The molecule has 1 unspecified atom stereocenters. The summed E-state index contributed by atoms with van der Waals surface area (Å²) in [6.45, 7) is 18.3. The number of allylic oxidation sites excluding steroid dienone is 5. The number of aromatic hydroxyl groups is 3. The van der Waals surface area contributed by atoms with Gasteiger partial charge >= 0.3 is 40.7 Å². The molecule has 9 N–H and O–H groups in total. The molecule has 3 aliphatic heterocycles. The van der Waals surface area contributed by atoms with Crippen LogP contribution in [-0.4, -0.2) is 96.4 Å². The van der Waals surface area contributed by atoms with Crippen LogP contribution in [0.15, 0.2) is 34.9 Å². The molecular formula is C51H70NO18P3. The molecule has 1 atom stereocenters. The zero-order valence-electron chi connectivity index (χ0n) is 43.1. The second-order valence-electron chi connectivity index (χ2n) is 18.3. The highest BCUT2D eigenvalue weighted by molar-refractivity contribution is 7.53. The summed E-state index contributed by atoms with van der Waals surface area (Å²) >= 11 is 0. The molecule has 0 saturated carbocycles. The number of carbonyl (C=O) groups is 3. The van der Waals surface area contributed by atoms with Gasteiger partial charge in [-0.25, -0.2) is 14.4 Å². The van der Waals surface area contributed by atoms with Crippen LogP contribution in [0.3, 0.4) is 0 Å². The molecule has 19 nitrogen and oxygen atoms in total. The highest BCUT2D eigenvalue weighted by atomic mass is 31.2. The fourth-order valence-electron chi connectivity index (χ4n) is 9.27. The van der Waals surface area contributed by atoms with Crippen LogP contribution in [0.4, 0.5) is 0 Å². The van der Waals surface area contributed by atoms with E-state index in [1.165, 1.54) is 7.11 Å². The number of carbonyl (C=O) groups excluding carboxylic acids is 3. The summed E-state index contributed by atoms with van der Waals surface area (Å²) in [5.41, 5.74) is 13.0. The lowest BCUT2D eigenvalue weighted by Gasteiger charge is -2.16.